The van der Waals surface area contributed by atoms with Gasteiger partial charge in [0, 0.05) is 30.0 Å². The average Bonchev–Trinajstić information content (AvgIpc) is 3.10. The minimum absolute atomic E-state index is 0.0580. The molecule has 1 aliphatic rings. The fraction of sp³-hybridized carbons (Fsp3) is 0.524. The van der Waals surface area contributed by atoms with E-state index >= 15 is 0 Å². The Balaban J connectivity index is 1.97. The van der Waals surface area contributed by atoms with Gasteiger partial charge in [-0.1, -0.05) is 32.9 Å². The third-order valence-corrected chi connectivity index (χ3v) is 5.47. The van der Waals surface area contributed by atoms with E-state index in [2.05, 4.69) is 52.6 Å². The minimum atomic E-state index is -0.323. The Morgan fingerprint density at radius 1 is 1.32 bits per heavy atom. The number of piperidine rings is 1. The third kappa shape index (κ3) is 3.48. The maximum atomic E-state index is 13.1. The summed E-state index contributed by atoms with van der Waals surface area (Å²) >= 11 is 0. The van der Waals surface area contributed by atoms with Crippen molar-refractivity contribution < 1.29 is 4.79 Å². The number of benzene rings is 1. The van der Waals surface area contributed by atoms with Crippen LogP contribution in [0.2, 0.25) is 0 Å². The van der Waals surface area contributed by atoms with Crippen LogP contribution in [-0.4, -0.2) is 26.9 Å². The summed E-state index contributed by atoms with van der Waals surface area (Å²) in [4.78, 5) is 19.9. The maximum Gasteiger partial charge on any atom is 0.228 e. The zero-order valence-corrected chi connectivity index (χ0v) is 15.8. The van der Waals surface area contributed by atoms with Crippen molar-refractivity contribution in [3.63, 3.8) is 0 Å². The summed E-state index contributed by atoms with van der Waals surface area (Å²) in [7, 11) is 0. The number of likely N-dealkylation sites (tertiary alicyclic amines) is 1. The molecule has 0 radical (unpaired) electrons. The zero-order chi connectivity index (χ0) is 18.0. The van der Waals surface area contributed by atoms with Gasteiger partial charge < -0.3 is 9.47 Å². The lowest BCUT2D eigenvalue weighted by atomic mass is 9.86. The molecule has 1 unspecified atom stereocenters. The molecule has 134 valence electrons. The topological polar surface area (TPSA) is 38.1 Å². The van der Waals surface area contributed by atoms with E-state index in [0.717, 1.165) is 43.7 Å². The van der Waals surface area contributed by atoms with E-state index in [-0.39, 0.29) is 17.4 Å². The summed E-state index contributed by atoms with van der Waals surface area (Å²) in [6.45, 7) is 9.11. The van der Waals surface area contributed by atoms with Gasteiger partial charge in [0.2, 0.25) is 5.91 Å². The van der Waals surface area contributed by atoms with Crippen molar-refractivity contribution in [3.8, 4) is 5.69 Å². The van der Waals surface area contributed by atoms with Crippen LogP contribution in [0.4, 0.5) is 0 Å². The number of imidazole rings is 1. The number of hydrogen-bond acceptors (Lipinski definition) is 2. The molecule has 1 fully saturated rings. The maximum absolute atomic E-state index is 13.1. The molecular weight excluding hydrogens is 310 g/mol. The number of nitrogens with zero attached hydrogens (tertiary/aromatic N) is 3. The lowest BCUT2D eigenvalue weighted by molar-refractivity contribution is -0.144. The van der Waals surface area contributed by atoms with Crippen molar-refractivity contribution in [2.45, 2.75) is 59.4 Å². The number of carbonyl (C=O) groups is 1. The normalized spacial score (nSPS) is 18.4. The number of aromatic nitrogens is 2. The zero-order valence-electron chi connectivity index (χ0n) is 15.8. The molecule has 0 saturated carbocycles. The Bertz CT molecular complexity index is 747. The van der Waals surface area contributed by atoms with E-state index in [0.29, 0.717) is 0 Å². The Labute approximate surface area is 150 Å². The molecule has 1 atom stereocenters. The Morgan fingerprint density at radius 3 is 2.84 bits per heavy atom. The molecule has 4 nitrogen and oxygen atoms in total. The number of carbonyl (C=O) groups excluding carboxylic acids is 1. The van der Waals surface area contributed by atoms with E-state index < -0.39 is 0 Å². The second kappa shape index (κ2) is 7.03. The van der Waals surface area contributed by atoms with Gasteiger partial charge in [0.05, 0.1) is 6.04 Å². The highest BCUT2D eigenvalue weighted by atomic mass is 16.2. The second-order valence-corrected chi connectivity index (χ2v) is 7.74. The molecule has 1 amide bonds. The first kappa shape index (κ1) is 17.7. The highest BCUT2D eigenvalue weighted by molar-refractivity contribution is 5.82. The molecule has 0 spiro atoms. The van der Waals surface area contributed by atoms with E-state index in [1.165, 1.54) is 5.56 Å². The standard InChI is InChI=1S/C21H29N3O/c1-5-21(3,4)20(25)24-13-7-6-11-18(24)19-22-12-14-23(19)17-10-8-9-16(2)15-17/h8-10,12,14-15,18H,5-7,11,13H2,1-4H3. The van der Waals surface area contributed by atoms with Gasteiger partial charge in [0.1, 0.15) is 5.82 Å². The largest absolute Gasteiger partial charge is 0.332 e. The summed E-state index contributed by atoms with van der Waals surface area (Å²) in [6.07, 6.45) is 7.90. The molecule has 25 heavy (non-hydrogen) atoms. The molecule has 0 N–H and O–H groups in total. The molecule has 1 aliphatic heterocycles. The summed E-state index contributed by atoms with van der Waals surface area (Å²) in [5, 5.41) is 0. The van der Waals surface area contributed by atoms with Crippen LogP contribution in [0.15, 0.2) is 36.7 Å². The molecule has 3 rings (SSSR count). The summed E-state index contributed by atoms with van der Waals surface area (Å²) in [6, 6.07) is 8.49. The van der Waals surface area contributed by atoms with Gasteiger partial charge in [-0.25, -0.2) is 4.98 Å². The molecule has 1 aromatic carbocycles. The monoisotopic (exact) mass is 339 g/mol. The van der Waals surface area contributed by atoms with Crippen LogP contribution in [-0.2, 0) is 4.79 Å². The predicted molar refractivity (Wildman–Crippen MR) is 101 cm³/mol. The smallest absolute Gasteiger partial charge is 0.228 e. The molecule has 2 aromatic rings. The fourth-order valence-corrected chi connectivity index (χ4v) is 3.54. The van der Waals surface area contributed by atoms with Crippen molar-refractivity contribution >= 4 is 5.91 Å². The summed E-state index contributed by atoms with van der Waals surface area (Å²) in [5.74, 6) is 1.23. The number of rotatable bonds is 4. The first-order valence-corrected chi connectivity index (χ1v) is 9.35. The van der Waals surface area contributed by atoms with E-state index in [9.17, 15) is 4.79 Å². The average molecular weight is 339 g/mol. The van der Waals surface area contributed by atoms with E-state index in [4.69, 9.17) is 0 Å². The van der Waals surface area contributed by atoms with Gasteiger partial charge in [-0.05, 0) is 50.3 Å². The van der Waals surface area contributed by atoms with Crippen molar-refractivity contribution in [2.24, 2.45) is 5.41 Å². The van der Waals surface area contributed by atoms with E-state index in [1.54, 1.807) is 0 Å². The van der Waals surface area contributed by atoms with Gasteiger partial charge >= 0.3 is 0 Å². The van der Waals surface area contributed by atoms with Gasteiger partial charge in [-0.15, -0.1) is 0 Å². The van der Waals surface area contributed by atoms with E-state index in [1.807, 2.05) is 26.2 Å². The summed E-state index contributed by atoms with van der Waals surface area (Å²) < 4.78 is 2.14. The molecule has 2 heterocycles. The lowest BCUT2D eigenvalue weighted by Gasteiger charge is -2.39. The number of aryl methyl sites for hydroxylation is 1. The molecule has 4 heteroatoms. The Kier molecular flexibility index (Phi) is 4.98. The molecular formula is C21H29N3O. The van der Waals surface area contributed by atoms with Crippen LogP contribution in [0.3, 0.4) is 0 Å². The van der Waals surface area contributed by atoms with Gasteiger partial charge in [-0.2, -0.15) is 0 Å². The third-order valence-electron chi connectivity index (χ3n) is 5.47. The van der Waals surface area contributed by atoms with Crippen LogP contribution in [0.1, 0.15) is 63.9 Å². The van der Waals surface area contributed by atoms with Crippen LogP contribution >= 0.6 is 0 Å². The Morgan fingerprint density at radius 2 is 2.12 bits per heavy atom. The van der Waals surface area contributed by atoms with Crippen LogP contribution in [0.5, 0.6) is 0 Å². The number of amides is 1. The number of hydrogen-bond donors (Lipinski definition) is 0. The highest BCUT2D eigenvalue weighted by Gasteiger charge is 2.37. The van der Waals surface area contributed by atoms with Crippen LogP contribution < -0.4 is 0 Å². The van der Waals surface area contributed by atoms with Gasteiger partial charge in [-0.3, -0.25) is 4.79 Å². The summed E-state index contributed by atoms with van der Waals surface area (Å²) in [5.41, 5.74) is 2.01. The molecule has 1 saturated heterocycles. The van der Waals surface area contributed by atoms with Gasteiger partial charge in [0.25, 0.3) is 0 Å². The molecule has 0 bridgehead atoms. The van der Waals surface area contributed by atoms with Crippen molar-refractivity contribution in [3.05, 3.63) is 48.0 Å². The quantitative estimate of drug-likeness (QED) is 0.812. The fourth-order valence-electron chi connectivity index (χ4n) is 3.54. The van der Waals surface area contributed by atoms with Crippen LogP contribution in [0, 0.1) is 12.3 Å². The Hall–Kier alpha value is -2.10. The lowest BCUT2D eigenvalue weighted by Crippen LogP contribution is -2.45. The molecule has 1 aromatic heterocycles. The first-order valence-electron chi connectivity index (χ1n) is 9.35. The SMILES string of the molecule is CCC(C)(C)C(=O)N1CCCCC1c1nccn1-c1cccc(C)c1. The van der Waals surface area contributed by atoms with Crippen molar-refractivity contribution in [1.82, 2.24) is 14.5 Å². The van der Waals surface area contributed by atoms with Gasteiger partial charge in [0.15, 0.2) is 0 Å². The first-order chi connectivity index (χ1) is 11.9. The van der Waals surface area contributed by atoms with Crippen LogP contribution in [0.25, 0.3) is 5.69 Å². The van der Waals surface area contributed by atoms with Crippen molar-refractivity contribution in [2.75, 3.05) is 6.54 Å². The minimum Gasteiger partial charge on any atom is -0.332 e. The molecule has 0 aliphatic carbocycles. The van der Waals surface area contributed by atoms with Crippen molar-refractivity contribution in [1.29, 1.82) is 0 Å². The predicted octanol–water partition coefficient (Wildman–Crippen LogP) is 4.67. The second-order valence-electron chi connectivity index (χ2n) is 7.74. The highest BCUT2D eigenvalue weighted by Crippen LogP contribution is 2.35.